The van der Waals surface area contributed by atoms with Gasteiger partial charge < -0.3 is 41.6 Å². The summed E-state index contributed by atoms with van der Waals surface area (Å²) in [5, 5.41) is 36.1. The van der Waals surface area contributed by atoms with Crippen LogP contribution >= 0.6 is 0 Å². The van der Waals surface area contributed by atoms with E-state index in [0.717, 1.165) is 22.4 Å². The second-order valence-corrected chi connectivity index (χ2v) is 13.3. The van der Waals surface area contributed by atoms with Gasteiger partial charge in [-0.05, 0) is 50.8 Å². The van der Waals surface area contributed by atoms with Crippen molar-refractivity contribution in [3.63, 3.8) is 0 Å². The third-order valence-corrected chi connectivity index (χ3v) is 8.74. The van der Waals surface area contributed by atoms with Gasteiger partial charge in [0.15, 0.2) is 5.72 Å². The fourth-order valence-corrected chi connectivity index (χ4v) is 6.42. The van der Waals surface area contributed by atoms with E-state index in [1.807, 2.05) is 49.4 Å². The van der Waals surface area contributed by atoms with E-state index in [2.05, 4.69) is 5.32 Å². The number of nitrogens with two attached hydrogens (primary N) is 2. The number of carbonyl (C=O) groups excluding carboxylic acids is 3. The van der Waals surface area contributed by atoms with Crippen LogP contribution in [0.2, 0.25) is 0 Å². The molecular weight excluding hydrogens is 604 g/mol. The minimum absolute atomic E-state index is 0.0457. The van der Waals surface area contributed by atoms with Gasteiger partial charge in [-0.2, -0.15) is 0 Å². The van der Waals surface area contributed by atoms with Crippen LogP contribution in [-0.4, -0.2) is 93.0 Å². The Balaban J connectivity index is 2.32. The molecule has 8 N–H and O–H groups in total. The molecule has 2 aromatic rings. The van der Waals surface area contributed by atoms with Crippen molar-refractivity contribution >= 4 is 17.9 Å². The van der Waals surface area contributed by atoms with Crippen LogP contribution in [0.1, 0.15) is 65.9 Å². The Morgan fingerprint density at radius 3 is 2.26 bits per heavy atom. The van der Waals surface area contributed by atoms with Crippen molar-refractivity contribution < 1.29 is 39.2 Å². The molecule has 0 saturated carbocycles. The molecule has 260 valence electrons. The van der Waals surface area contributed by atoms with E-state index < -0.39 is 65.6 Å². The number of ether oxygens (including phenoxy) is 2. The average molecular weight is 657 g/mol. The number of rotatable bonds is 15. The number of alkyl carbamates (subject to hydrolysis) is 1. The highest BCUT2D eigenvalue weighted by Crippen LogP contribution is 2.44. The van der Waals surface area contributed by atoms with Gasteiger partial charge in [0, 0.05) is 31.8 Å². The summed E-state index contributed by atoms with van der Waals surface area (Å²) in [7, 11) is 0. The summed E-state index contributed by atoms with van der Waals surface area (Å²) in [4.78, 5) is 42.7. The number of carbonyl (C=O) groups is 3. The third kappa shape index (κ3) is 8.49. The molecule has 1 fully saturated rings. The average Bonchev–Trinajstić information content (AvgIpc) is 3.24. The number of aliphatic hydroxyl groups is 3. The zero-order valence-corrected chi connectivity index (χ0v) is 28.1. The summed E-state index contributed by atoms with van der Waals surface area (Å²) < 4.78 is 11.6. The number of nitrogens with one attached hydrogen (secondary N) is 1. The van der Waals surface area contributed by atoms with Gasteiger partial charge in [-0.25, -0.2) is 4.79 Å². The lowest BCUT2D eigenvalue weighted by Gasteiger charge is -2.53. The molecule has 0 radical (unpaired) electrons. The molecule has 0 spiro atoms. The monoisotopic (exact) mass is 656 g/mol. The van der Waals surface area contributed by atoms with Gasteiger partial charge in [-0.15, -0.1) is 0 Å². The van der Waals surface area contributed by atoms with E-state index in [0.29, 0.717) is 18.4 Å². The number of benzene rings is 2. The van der Waals surface area contributed by atoms with Crippen molar-refractivity contribution in [2.24, 2.45) is 17.4 Å². The maximum atomic E-state index is 14.5. The van der Waals surface area contributed by atoms with Crippen LogP contribution in [-0.2, 0) is 25.5 Å². The van der Waals surface area contributed by atoms with Gasteiger partial charge in [0.05, 0.1) is 6.61 Å². The van der Waals surface area contributed by atoms with Gasteiger partial charge in [-0.1, -0.05) is 74.4 Å². The predicted molar refractivity (Wildman–Crippen MR) is 178 cm³/mol. The minimum atomic E-state index is -2.11. The number of unbranched alkanes of at least 4 members (excludes halogenated alkanes) is 2. The zero-order valence-electron chi connectivity index (χ0n) is 28.1. The first-order valence-electron chi connectivity index (χ1n) is 16.2. The fraction of sp³-hybridized carbons (Fsp3) is 0.571. The van der Waals surface area contributed by atoms with E-state index >= 15 is 0 Å². The maximum absolute atomic E-state index is 14.5. The molecule has 1 aliphatic heterocycles. The smallest absolute Gasteiger partial charge is 0.407 e. The van der Waals surface area contributed by atoms with E-state index in [4.69, 9.17) is 20.9 Å². The molecule has 12 heteroatoms. The maximum Gasteiger partial charge on any atom is 0.407 e. The topological polar surface area (TPSA) is 198 Å². The Labute approximate surface area is 277 Å². The SMILES string of the molecule is CCCCCC(=O)N(C(Cc1ccccc1-c1ccccc1)(C(N)=O)C(CO)CNC(=O)OC(C)(C)C)[C@]1(C)O[C@H](CN)[C@@H](O)[C@H]1O. The van der Waals surface area contributed by atoms with Crippen molar-refractivity contribution in [1.82, 2.24) is 10.2 Å². The van der Waals surface area contributed by atoms with E-state index in [-0.39, 0.29) is 25.9 Å². The lowest BCUT2D eigenvalue weighted by molar-refractivity contribution is -0.218. The first-order valence-corrected chi connectivity index (χ1v) is 16.2. The Morgan fingerprint density at radius 1 is 1.06 bits per heavy atom. The molecule has 3 rings (SSSR count). The molecule has 2 aromatic carbocycles. The van der Waals surface area contributed by atoms with Gasteiger partial charge in [0.2, 0.25) is 11.8 Å². The zero-order chi connectivity index (χ0) is 35.0. The summed E-state index contributed by atoms with van der Waals surface area (Å²) >= 11 is 0. The number of aliphatic hydroxyl groups excluding tert-OH is 3. The van der Waals surface area contributed by atoms with Crippen LogP contribution in [0.5, 0.6) is 0 Å². The second kappa shape index (κ2) is 16.0. The van der Waals surface area contributed by atoms with E-state index in [9.17, 15) is 29.7 Å². The van der Waals surface area contributed by atoms with Crippen molar-refractivity contribution in [3.05, 3.63) is 60.2 Å². The van der Waals surface area contributed by atoms with E-state index in [1.165, 1.54) is 6.92 Å². The van der Waals surface area contributed by atoms with Crippen LogP contribution in [0.4, 0.5) is 4.79 Å². The molecule has 2 unspecified atom stereocenters. The summed E-state index contributed by atoms with van der Waals surface area (Å²) in [6, 6.07) is 16.7. The normalized spacial score (nSPS) is 23.0. The first-order chi connectivity index (χ1) is 22.2. The number of primary amides is 1. The molecule has 1 aliphatic rings. The minimum Gasteiger partial charge on any atom is -0.444 e. The van der Waals surface area contributed by atoms with Crippen molar-refractivity contribution in [2.75, 3.05) is 19.7 Å². The standard InChI is InChI=1S/C35H52N4O8/c1-6-7-9-18-28(41)39(34(5)30(43)29(42)27(20-36)46-34)35(31(37)44,25(22-40)21-38-32(45)47-33(2,3)4)19-24-16-12-13-17-26(24)23-14-10-8-11-15-23/h8,10-17,25,27,29-30,40,42-43H,6-7,9,18-22,36H2,1-5H3,(H2,37,44)(H,38,45)/t25?,27-,29-,30-,34-,35?/m1/s1. The Hall–Kier alpha value is -3.55. The van der Waals surface area contributed by atoms with Crippen LogP contribution in [0.15, 0.2) is 54.6 Å². The Bertz CT molecular complexity index is 1350. The second-order valence-electron chi connectivity index (χ2n) is 13.3. The highest BCUT2D eigenvalue weighted by atomic mass is 16.6. The first kappa shape index (κ1) is 37.9. The highest BCUT2D eigenvalue weighted by Gasteiger charge is 2.64. The lowest BCUT2D eigenvalue weighted by Crippen LogP contribution is -2.74. The molecule has 1 saturated heterocycles. The van der Waals surface area contributed by atoms with Crippen LogP contribution in [0, 0.1) is 5.92 Å². The molecule has 3 amide bonds. The van der Waals surface area contributed by atoms with Crippen molar-refractivity contribution in [3.8, 4) is 11.1 Å². The summed E-state index contributed by atoms with van der Waals surface area (Å²) in [6.45, 7) is 7.24. The van der Waals surface area contributed by atoms with E-state index in [1.54, 1.807) is 32.9 Å². The van der Waals surface area contributed by atoms with Crippen molar-refractivity contribution in [2.45, 2.75) is 102 Å². The molecule has 1 heterocycles. The fourth-order valence-electron chi connectivity index (χ4n) is 6.42. The molecule has 12 nitrogen and oxygen atoms in total. The third-order valence-electron chi connectivity index (χ3n) is 8.74. The largest absolute Gasteiger partial charge is 0.444 e. The Morgan fingerprint density at radius 2 is 1.70 bits per heavy atom. The van der Waals surface area contributed by atoms with Crippen molar-refractivity contribution in [1.29, 1.82) is 0 Å². The van der Waals surface area contributed by atoms with Crippen LogP contribution in [0.25, 0.3) is 11.1 Å². The quantitative estimate of drug-likeness (QED) is 0.156. The number of hydrogen-bond donors (Lipinski definition) is 6. The van der Waals surface area contributed by atoms with Crippen LogP contribution in [0.3, 0.4) is 0 Å². The summed E-state index contributed by atoms with van der Waals surface area (Å²) in [6.07, 6.45) is -3.38. The molecule has 0 bridgehead atoms. The van der Waals surface area contributed by atoms with Gasteiger partial charge in [0.1, 0.15) is 29.5 Å². The number of hydrogen-bond acceptors (Lipinski definition) is 9. The van der Waals surface area contributed by atoms with Crippen LogP contribution < -0.4 is 16.8 Å². The highest BCUT2D eigenvalue weighted by molar-refractivity contribution is 5.92. The number of nitrogens with zero attached hydrogens (tertiary/aromatic N) is 1. The lowest BCUT2D eigenvalue weighted by atomic mass is 9.73. The molecule has 0 aromatic heterocycles. The molecule has 6 atom stereocenters. The number of amides is 3. The molecule has 47 heavy (non-hydrogen) atoms. The van der Waals surface area contributed by atoms with Gasteiger partial charge >= 0.3 is 6.09 Å². The van der Waals surface area contributed by atoms with Gasteiger partial charge in [0.25, 0.3) is 0 Å². The predicted octanol–water partition coefficient (Wildman–Crippen LogP) is 2.46. The summed E-state index contributed by atoms with van der Waals surface area (Å²) in [5.41, 5.74) is 9.45. The summed E-state index contributed by atoms with van der Waals surface area (Å²) in [5.74, 6) is -2.82. The Kier molecular flexibility index (Phi) is 12.9. The molecular formula is C35H52N4O8. The van der Waals surface area contributed by atoms with Gasteiger partial charge in [-0.3, -0.25) is 14.5 Å². The molecule has 0 aliphatic carbocycles.